The van der Waals surface area contributed by atoms with Crippen molar-refractivity contribution in [2.24, 2.45) is 0 Å². The van der Waals surface area contributed by atoms with Gasteiger partial charge in [0.2, 0.25) is 5.91 Å². The lowest BCUT2D eigenvalue weighted by Crippen LogP contribution is -2.44. The maximum absolute atomic E-state index is 13.1. The van der Waals surface area contributed by atoms with E-state index >= 15 is 0 Å². The minimum Gasteiger partial charge on any atom is -0.480 e. The van der Waals surface area contributed by atoms with Gasteiger partial charge in [-0.1, -0.05) is 252 Å². The summed E-state index contributed by atoms with van der Waals surface area (Å²) in [4.78, 5) is 49.7. The quantitative estimate of drug-likeness (QED) is 0.0352. The first-order valence-corrected chi connectivity index (χ1v) is 28.2. The molecule has 372 valence electrons. The summed E-state index contributed by atoms with van der Waals surface area (Å²) >= 11 is 1.11. The molecule has 0 aromatic rings. The van der Waals surface area contributed by atoms with Crippen LogP contribution < -0.4 is 5.32 Å². The van der Waals surface area contributed by atoms with Crippen molar-refractivity contribution in [2.45, 2.75) is 308 Å². The fraction of sp³-hybridized carbons (Fsp3) is 0.926. The summed E-state index contributed by atoms with van der Waals surface area (Å²) in [5, 5.41) is 12.7. The van der Waals surface area contributed by atoms with E-state index in [1.165, 1.54) is 193 Å². The van der Waals surface area contributed by atoms with Crippen molar-refractivity contribution in [2.75, 3.05) is 12.4 Å². The SMILES string of the molecule is CCCCCCCCCCCCCCCC(=O)N[C@H](CS[C@](C)(COC(=O)CCCCCCCCCCCCCCC)OC(=O)CCCCCCCCCCCCCCC)C(=O)O. The van der Waals surface area contributed by atoms with Gasteiger partial charge in [0, 0.05) is 25.0 Å². The first-order chi connectivity index (χ1) is 30.7. The zero-order valence-electron chi connectivity index (χ0n) is 42.0. The number of ether oxygens (including phenoxy) is 2. The molecule has 0 heterocycles. The van der Waals surface area contributed by atoms with E-state index < -0.39 is 16.9 Å². The van der Waals surface area contributed by atoms with Gasteiger partial charge >= 0.3 is 17.9 Å². The van der Waals surface area contributed by atoms with Gasteiger partial charge in [-0.15, -0.1) is 11.8 Å². The molecule has 8 nitrogen and oxygen atoms in total. The lowest BCUT2D eigenvalue weighted by molar-refractivity contribution is -0.161. The molecule has 0 saturated heterocycles. The monoisotopic (exact) mass is 910 g/mol. The number of carbonyl (C=O) groups excluding carboxylic acids is 3. The minimum atomic E-state index is -1.27. The van der Waals surface area contributed by atoms with E-state index in [1.54, 1.807) is 6.92 Å². The molecule has 0 aromatic heterocycles. The summed E-state index contributed by atoms with van der Waals surface area (Å²) in [7, 11) is 0. The molecule has 0 aliphatic heterocycles. The van der Waals surface area contributed by atoms with Crippen molar-refractivity contribution in [3.05, 3.63) is 0 Å². The number of carbonyl (C=O) groups is 4. The molecule has 2 atom stereocenters. The Hall–Kier alpha value is -1.77. The van der Waals surface area contributed by atoms with Gasteiger partial charge in [-0.05, 0) is 26.2 Å². The Morgan fingerprint density at radius 3 is 1.05 bits per heavy atom. The molecule has 0 aliphatic carbocycles. The molecule has 9 heteroatoms. The van der Waals surface area contributed by atoms with Crippen LogP contribution in [0.15, 0.2) is 0 Å². The van der Waals surface area contributed by atoms with Gasteiger partial charge in [-0.2, -0.15) is 0 Å². The number of amides is 1. The van der Waals surface area contributed by atoms with Crippen molar-refractivity contribution in [3.63, 3.8) is 0 Å². The van der Waals surface area contributed by atoms with Gasteiger partial charge in [0.1, 0.15) is 12.6 Å². The number of nitrogens with one attached hydrogen (secondary N) is 1. The van der Waals surface area contributed by atoms with Crippen LogP contribution in [0.1, 0.15) is 297 Å². The van der Waals surface area contributed by atoms with Crippen molar-refractivity contribution in [3.8, 4) is 0 Å². The zero-order valence-corrected chi connectivity index (χ0v) is 42.8. The fourth-order valence-electron chi connectivity index (χ4n) is 8.25. The fourth-order valence-corrected chi connectivity index (χ4v) is 9.29. The Morgan fingerprint density at radius 1 is 0.444 bits per heavy atom. The number of hydrogen-bond donors (Lipinski definition) is 2. The Balaban J connectivity index is 4.76. The van der Waals surface area contributed by atoms with E-state index in [-0.39, 0.29) is 43.0 Å². The van der Waals surface area contributed by atoms with Crippen LogP contribution in [-0.2, 0) is 28.7 Å². The summed E-state index contributed by atoms with van der Waals surface area (Å²) < 4.78 is 11.6. The van der Waals surface area contributed by atoms with Crippen LogP contribution in [0, 0.1) is 0 Å². The van der Waals surface area contributed by atoms with Crippen molar-refractivity contribution in [1.29, 1.82) is 0 Å². The summed E-state index contributed by atoms with van der Waals surface area (Å²) in [6, 6.07) is -1.15. The molecule has 0 bridgehead atoms. The average Bonchev–Trinajstić information content (AvgIpc) is 3.26. The average molecular weight is 910 g/mol. The number of carboxylic acids is 1. The van der Waals surface area contributed by atoms with E-state index in [0.717, 1.165) is 69.5 Å². The standard InChI is InChI=1S/C54H103NO7S/c1-5-8-11-14-17-20-23-26-29-32-35-38-41-44-50(56)55-49(53(59)60)47-63-54(4,62-52(58)46-43-40-37-34-31-28-25-22-19-16-13-10-7-3)48-61-51(57)45-42-39-36-33-30-27-24-21-18-15-12-9-6-2/h49H,5-48H2,1-4H3,(H,55,56)(H,59,60)/t49-,54-/m1/s1. The molecular formula is C54H103NO7S. The molecular weight excluding hydrogens is 807 g/mol. The molecule has 0 unspecified atom stereocenters. The first-order valence-electron chi connectivity index (χ1n) is 27.2. The molecule has 0 fully saturated rings. The molecule has 0 spiro atoms. The van der Waals surface area contributed by atoms with Gasteiger partial charge in [0.15, 0.2) is 4.93 Å². The third-order valence-corrected chi connectivity index (χ3v) is 13.8. The molecule has 0 rings (SSSR count). The number of rotatable bonds is 50. The van der Waals surface area contributed by atoms with E-state index in [2.05, 4.69) is 26.1 Å². The molecule has 2 N–H and O–H groups in total. The first kappa shape index (κ1) is 61.2. The highest BCUT2D eigenvalue weighted by atomic mass is 32.2. The third kappa shape index (κ3) is 43.9. The van der Waals surface area contributed by atoms with E-state index in [4.69, 9.17) is 9.47 Å². The molecule has 0 radical (unpaired) electrons. The van der Waals surface area contributed by atoms with E-state index in [1.807, 2.05) is 0 Å². The number of thioether (sulfide) groups is 1. The van der Waals surface area contributed by atoms with E-state index in [0.29, 0.717) is 6.42 Å². The smallest absolute Gasteiger partial charge is 0.327 e. The zero-order chi connectivity index (χ0) is 46.3. The second-order valence-electron chi connectivity index (χ2n) is 19.0. The molecule has 63 heavy (non-hydrogen) atoms. The second kappa shape index (κ2) is 46.7. The summed E-state index contributed by atoms with van der Waals surface area (Å²) in [6.07, 6.45) is 48.4. The van der Waals surface area contributed by atoms with Gasteiger partial charge < -0.3 is 19.9 Å². The van der Waals surface area contributed by atoms with Crippen LogP contribution in [-0.4, -0.2) is 52.3 Å². The van der Waals surface area contributed by atoms with Crippen LogP contribution in [0.25, 0.3) is 0 Å². The maximum atomic E-state index is 13.1. The Labute approximate surface area is 393 Å². The van der Waals surface area contributed by atoms with Gasteiger partial charge in [0.25, 0.3) is 0 Å². The Kier molecular flexibility index (Phi) is 45.4. The lowest BCUT2D eigenvalue weighted by atomic mass is 10.0. The van der Waals surface area contributed by atoms with Crippen molar-refractivity contribution < 1.29 is 33.8 Å². The highest BCUT2D eigenvalue weighted by molar-refractivity contribution is 8.00. The Bertz CT molecular complexity index is 1060. The largest absolute Gasteiger partial charge is 0.480 e. The van der Waals surface area contributed by atoms with Gasteiger partial charge in [-0.3, -0.25) is 14.4 Å². The summed E-state index contributed by atoms with van der Waals surface area (Å²) in [5.74, 6) is -2.14. The highest BCUT2D eigenvalue weighted by Crippen LogP contribution is 2.29. The number of aliphatic carboxylic acids is 1. The topological polar surface area (TPSA) is 119 Å². The summed E-state index contributed by atoms with van der Waals surface area (Å²) in [6.45, 7) is 8.28. The van der Waals surface area contributed by atoms with E-state index in [9.17, 15) is 24.3 Å². The van der Waals surface area contributed by atoms with Gasteiger partial charge in [-0.25, -0.2) is 4.79 Å². The second-order valence-corrected chi connectivity index (χ2v) is 20.5. The van der Waals surface area contributed by atoms with Crippen LogP contribution in [0.4, 0.5) is 0 Å². The Morgan fingerprint density at radius 2 is 0.730 bits per heavy atom. The third-order valence-electron chi connectivity index (χ3n) is 12.5. The number of carboxylic acid groups (broad SMARTS) is 1. The number of esters is 2. The molecule has 0 aliphatic rings. The molecule has 0 aromatic carbocycles. The summed E-state index contributed by atoms with van der Waals surface area (Å²) in [5.41, 5.74) is 0. The van der Waals surface area contributed by atoms with Crippen LogP contribution in [0.2, 0.25) is 0 Å². The number of hydrogen-bond acceptors (Lipinski definition) is 7. The normalized spacial score (nSPS) is 12.8. The van der Waals surface area contributed by atoms with Crippen LogP contribution in [0.5, 0.6) is 0 Å². The minimum absolute atomic E-state index is 0.0153. The predicted molar refractivity (Wildman–Crippen MR) is 268 cm³/mol. The predicted octanol–water partition coefficient (Wildman–Crippen LogP) is 16.5. The lowest BCUT2D eigenvalue weighted by Gasteiger charge is -2.29. The molecule has 0 saturated carbocycles. The molecule has 1 amide bonds. The van der Waals surface area contributed by atoms with Crippen LogP contribution in [0.3, 0.4) is 0 Å². The maximum Gasteiger partial charge on any atom is 0.327 e. The van der Waals surface area contributed by atoms with Crippen LogP contribution >= 0.6 is 11.8 Å². The van der Waals surface area contributed by atoms with Gasteiger partial charge in [0.05, 0.1) is 0 Å². The van der Waals surface area contributed by atoms with Crippen molar-refractivity contribution >= 4 is 35.6 Å². The highest BCUT2D eigenvalue weighted by Gasteiger charge is 2.34. The van der Waals surface area contributed by atoms with Crippen molar-refractivity contribution in [1.82, 2.24) is 5.32 Å². The number of unbranched alkanes of at least 4 members (excludes halogenated alkanes) is 36.